The Bertz CT molecular complexity index is 822. The fourth-order valence-corrected chi connectivity index (χ4v) is 3.43. The summed E-state index contributed by atoms with van der Waals surface area (Å²) in [5.74, 6) is 0.767. The zero-order chi connectivity index (χ0) is 19.1. The lowest BCUT2D eigenvalue weighted by Gasteiger charge is -2.30. The van der Waals surface area contributed by atoms with Crippen molar-refractivity contribution in [3.63, 3.8) is 0 Å². The Morgan fingerprint density at radius 2 is 2.11 bits per heavy atom. The molecule has 27 heavy (non-hydrogen) atoms. The highest BCUT2D eigenvalue weighted by Gasteiger charge is 2.15. The van der Waals surface area contributed by atoms with Crippen LogP contribution < -0.4 is 20.4 Å². The number of fused-ring (bicyclic) bond motifs is 1. The van der Waals surface area contributed by atoms with Gasteiger partial charge in [-0.3, -0.25) is 5.43 Å². The van der Waals surface area contributed by atoms with Gasteiger partial charge in [-0.1, -0.05) is 18.2 Å². The Hall–Kier alpha value is -2.60. The number of thiocarbonyl (C=S) groups is 1. The summed E-state index contributed by atoms with van der Waals surface area (Å²) in [5, 5.41) is 7.81. The lowest BCUT2D eigenvalue weighted by atomic mass is 9.99. The SMILES string of the molecule is CCOc1ccccc1NC(=S)NN=Cc1ccc2c(c1)CCCN2CC. The maximum Gasteiger partial charge on any atom is 0.191 e. The number of hydrogen-bond donors (Lipinski definition) is 2. The third-order valence-electron chi connectivity index (χ3n) is 4.51. The number of para-hydroxylation sites is 2. The minimum Gasteiger partial charge on any atom is -0.492 e. The Kier molecular flexibility index (Phi) is 6.65. The molecule has 5 nitrogen and oxygen atoms in total. The van der Waals surface area contributed by atoms with Crippen molar-refractivity contribution in [1.82, 2.24) is 5.43 Å². The van der Waals surface area contributed by atoms with Gasteiger partial charge >= 0.3 is 0 Å². The largest absolute Gasteiger partial charge is 0.492 e. The van der Waals surface area contributed by atoms with E-state index in [4.69, 9.17) is 17.0 Å². The fraction of sp³-hybridized carbons (Fsp3) is 0.333. The Labute approximate surface area is 166 Å². The molecule has 0 radical (unpaired) electrons. The van der Waals surface area contributed by atoms with Crippen LogP contribution in [-0.4, -0.2) is 31.0 Å². The van der Waals surface area contributed by atoms with Gasteiger partial charge in [0.2, 0.25) is 0 Å². The van der Waals surface area contributed by atoms with Crippen molar-refractivity contribution in [2.75, 3.05) is 29.9 Å². The van der Waals surface area contributed by atoms with Crippen molar-refractivity contribution in [3.05, 3.63) is 53.6 Å². The normalized spacial score (nSPS) is 13.3. The van der Waals surface area contributed by atoms with E-state index >= 15 is 0 Å². The second-order valence-corrected chi connectivity index (χ2v) is 6.73. The van der Waals surface area contributed by atoms with E-state index in [2.05, 4.69) is 45.9 Å². The Morgan fingerprint density at radius 3 is 2.93 bits per heavy atom. The van der Waals surface area contributed by atoms with Crippen molar-refractivity contribution in [3.8, 4) is 5.75 Å². The molecule has 3 rings (SSSR count). The van der Waals surface area contributed by atoms with Gasteiger partial charge in [0.25, 0.3) is 0 Å². The number of hydrazone groups is 1. The summed E-state index contributed by atoms with van der Waals surface area (Å²) in [5.41, 5.74) is 7.49. The topological polar surface area (TPSA) is 48.9 Å². The third kappa shape index (κ3) is 4.98. The zero-order valence-electron chi connectivity index (χ0n) is 15.9. The number of ether oxygens (including phenoxy) is 1. The lowest BCUT2D eigenvalue weighted by molar-refractivity contribution is 0.342. The van der Waals surface area contributed by atoms with E-state index in [-0.39, 0.29) is 0 Å². The van der Waals surface area contributed by atoms with E-state index in [1.807, 2.05) is 31.2 Å². The number of rotatable bonds is 6. The predicted octanol–water partition coefficient (Wildman–Crippen LogP) is 4.18. The lowest BCUT2D eigenvalue weighted by Crippen LogP contribution is -2.28. The summed E-state index contributed by atoms with van der Waals surface area (Å²) < 4.78 is 5.59. The van der Waals surface area contributed by atoms with Gasteiger partial charge in [-0.15, -0.1) is 0 Å². The molecule has 0 fully saturated rings. The van der Waals surface area contributed by atoms with Crippen LogP contribution in [0.4, 0.5) is 11.4 Å². The van der Waals surface area contributed by atoms with Gasteiger partial charge in [0.1, 0.15) is 5.75 Å². The molecule has 142 valence electrons. The van der Waals surface area contributed by atoms with Crippen LogP contribution in [0, 0.1) is 0 Å². The number of nitrogens with one attached hydrogen (secondary N) is 2. The molecule has 0 saturated carbocycles. The Balaban J connectivity index is 1.60. The highest BCUT2D eigenvalue weighted by atomic mass is 32.1. The van der Waals surface area contributed by atoms with Crippen LogP contribution in [0.25, 0.3) is 0 Å². The molecule has 6 heteroatoms. The van der Waals surface area contributed by atoms with Gasteiger partial charge < -0.3 is 15.0 Å². The second-order valence-electron chi connectivity index (χ2n) is 6.32. The van der Waals surface area contributed by atoms with Crippen LogP contribution in [-0.2, 0) is 6.42 Å². The van der Waals surface area contributed by atoms with Gasteiger partial charge in [0.15, 0.2) is 5.11 Å². The van der Waals surface area contributed by atoms with E-state index in [0.29, 0.717) is 11.7 Å². The summed E-state index contributed by atoms with van der Waals surface area (Å²) >= 11 is 5.33. The molecule has 0 amide bonds. The average molecular weight is 383 g/mol. The maximum atomic E-state index is 5.59. The first-order valence-electron chi connectivity index (χ1n) is 9.41. The van der Waals surface area contributed by atoms with E-state index in [0.717, 1.165) is 36.5 Å². The Morgan fingerprint density at radius 1 is 1.26 bits per heavy atom. The van der Waals surface area contributed by atoms with Crippen LogP contribution >= 0.6 is 12.2 Å². The van der Waals surface area contributed by atoms with Gasteiger partial charge in [-0.2, -0.15) is 5.10 Å². The smallest absolute Gasteiger partial charge is 0.191 e. The molecule has 0 unspecified atom stereocenters. The van der Waals surface area contributed by atoms with Gasteiger partial charge in [-0.05, 0) is 74.3 Å². The van der Waals surface area contributed by atoms with Crippen molar-refractivity contribution in [1.29, 1.82) is 0 Å². The van der Waals surface area contributed by atoms with Crippen molar-refractivity contribution in [2.45, 2.75) is 26.7 Å². The summed E-state index contributed by atoms with van der Waals surface area (Å²) in [7, 11) is 0. The monoisotopic (exact) mass is 382 g/mol. The van der Waals surface area contributed by atoms with E-state index < -0.39 is 0 Å². The minimum atomic E-state index is 0.425. The maximum absolute atomic E-state index is 5.59. The van der Waals surface area contributed by atoms with Crippen LogP contribution in [0.2, 0.25) is 0 Å². The molecule has 0 aromatic heterocycles. The molecule has 1 aliphatic heterocycles. The first-order chi connectivity index (χ1) is 13.2. The molecule has 0 spiro atoms. The summed E-state index contributed by atoms with van der Waals surface area (Å²) in [4.78, 5) is 2.42. The zero-order valence-corrected chi connectivity index (χ0v) is 16.7. The quantitative estimate of drug-likeness (QED) is 0.446. The predicted molar refractivity (Wildman–Crippen MR) is 117 cm³/mol. The van der Waals surface area contributed by atoms with Gasteiger partial charge in [-0.25, -0.2) is 0 Å². The molecule has 1 aliphatic rings. The average Bonchev–Trinajstić information content (AvgIpc) is 2.69. The molecule has 0 aliphatic carbocycles. The molecule has 0 saturated heterocycles. The van der Waals surface area contributed by atoms with Crippen molar-refractivity contribution >= 4 is 34.9 Å². The van der Waals surface area contributed by atoms with Crippen molar-refractivity contribution in [2.24, 2.45) is 5.10 Å². The van der Waals surface area contributed by atoms with Crippen LogP contribution in [0.5, 0.6) is 5.75 Å². The fourth-order valence-electron chi connectivity index (χ4n) is 3.27. The molecular formula is C21H26N4OS. The van der Waals surface area contributed by atoms with Gasteiger partial charge in [0, 0.05) is 18.8 Å². The first-order valence-corrected chi connectivity index (χ1v) is 9.81. The van der Waals surface area contributed by atoms with Crippen LogP contribution in [0.1, 0.15) is 31.4 Å². The first kappa shape index (κ1) is 19.2. The minimum absolute atomic E-state index is 0.425. The number of anilines is 2. The molecule has 2 aromatic carbocycles. The molecule has 0 atom stereocenters. The number of benzene rings is 2. The third-order valence-corrected chi connectivity index (χ3v) is 4.71. The number of nitrogens with zero attached hydrogens (tertiary/aromatic N) is 2. The van der Waals surface area contributed by atoms with Crippen molar-refractivity contribution < 1.29 is 4.74 Å². The number of hydrogen-bond acceptors (Lipinski definition) is 4. The molecular weight excluding hydrogens is 356 g/mol. The standard InChI is InChI=1S/C21H26N4OS/c1-3-25-13-7-8-17-14-16(11-12-19(17)25)15-22-24-21(27)23-18-9-5-6-10-20(18)26-4-2/h5-6,9-12,14-15H,3-4,7-8,13H2,1-2H3,(H2,23,24,27). The summed E-state index contributed by atoms with van der Waals surface area (Å²) in [6.07, 6.45) is 4.12. The van der Waals surface area contributed by atoms with Gasteiger partial charge in [0.05, 0.1) is 18.5 Å². The van der Waals surface area contributed by atoms with E-state index in [9.17, 15) is 0 Å². The molecule has 0 bridgehead atoms. The number of aryl methyl sites for hydroxylation is 1. The summed E-state index contributed by atoms with van der Waals surface area (Å²) in [6.45, 7) is 6.94. The van der Waals surface area contributed by atoms with E-state index in [1.54, 1.807) is 6.21 Å². The second kappa shape index (κ2) is 9.37. The van der Waals surface area contributed by atoms with Crippen LogP contribution in [0.15, 0.2) is 47.6 Å². The van der Waals surface area contributed by atoms with Crippen LogP contribution in [0.3, 0.4) is 0 Å². The highest BCUT2D eigenvalue weighted by molar-refractivity contribution is 7.80. The van der Waals surface area contributed by atoms with E-state index in [1.165, 1.54) is 17.7 Å². The molecule has 1 heterocycles. The molecule has 2 aromatic rings. The highest BCUT2D eigenvalue weighted by Crippen LogP contribution is 2.27. The molecule has 2 N–H and O–H groups in total. The summed E-state index contributed by atoms with van der Waals surface area (Å²) in [6, 6.07) is 14.2.